The van der Waals surface area contributed by atoms with Crippen LogP contribution in [-0.2, 0) is 16.0 Å². The van der Waals surface area contributed by atoms with Crippen molar-refractivity contribution in [2.75, 3.05) is 59.1 Å². The normalized spacial score (nSPS) is 21.3. The topological polar surface area (TPSA) is 49.3 Å². The second-order valence-corrected chi connectivity index (χ2v) is 7.82. The van der Waals surface area contributed by atoms with Crippen LogP contribution in [0.5, 0.6) is 0 Å². The lowest BCUT2D eigenvalue weighted by molar-refractivity contribution is 0.0199. The SMILES string of the molecule is CCNC(=NCCOCC1CCCO1)N1CCN(Cc2cccs2)CC1.I. The van der Waals surface area contributed by atoms with Gasteiger partial charge in [-0.05, 0) is 31.2 Å². The van der Waals surface area contributed by atoms with Gasteiger partial charge in [0.05, 0.1) is 25.9 Å². The number of hydrogen-bond donors (Lipinski definition) is 1. The first-order valence-electron chi connectivity index (χ1n) is 9.82. The third kappa shape index (κ3) is 7.84. The number of halogens is 1. The predicted octanol–water partition coefficient (Wildman–Crippen LogP) is 2.64. The molecule has 27 heavy (non-hydrogen) atoms. The number of ether oxygens (including phenoxy) is 2. The largest absolute Gasteiger partial charge is 0.377 e. The zero-order valence-electron chi connectivity index (χ0n) is 16.3. The summed E-state index contributed by atoms with van der Waals surface area (Å²) in [6.07, 6.45) is 2.58. The van der Waals surface area contributed by atoms with Gasteiger partial charge in [-0.15, -0.1) is 35.3 Å². The van der Waals surface area contributed by atoms with Crippen LogP contribution in [0.2, 0.25) is 0 Å². The number of nitrogens with zero attached hydrogens (tertiary/aromatic N) is 3. The molecule has 2 aliphatic heterocycles. The van der Waals surface area contributed by atoms with Crippen LogP contribution < -0.4 is 5.32 Å². The quantitative estimate of drug-likeness (QED) is 0.253. The second-order valence-electron chi connectivity index (χ2n) is 6.79. The lowest BCUT2D eigenvalue weighted by atomic mass is 10.2. The minimum absolute atomic E-state index is 0. The van der Waals surface area contributed by atoms with Crippen LogP contribution in [0.1, 0.15) is 24.6 Å². The lowest BCUT2D eigenvalue weighted by Crippen LogP contribution is -2.52. The van der Waals surface area contributed by atoms with E-state index in [0.717, 1.165) is 64.7 Å². The van der Waals surface area contributed by atoms with Crippen molar-refractivity contribution < 1.29 is 9.47 Å². The van der Waals surface area contributed by atoms with Gasteiger partial charge < -0.3 is 19.7 Å². The number of hydrogen-bond acceptors (Lipinski definition) is 5. The third-order valence-corrected chi connectivity index (χ3v) is 5.65. The molecule has 1 atom stereocenters. The van der Waals surface area contributed by atoms with E-state index in [1.165, 1.54) is 4.88 Å². The van der Waals surface area contributed by atoms with Crippen LogP contribution >= 0.6 is 35.3 Å². The summed E-state index contributed by atoms with van der Waals surface area (Å²) in [7, 11) is 0. The van der Waals surface area contributed by atoms with Gasteiger partial charge in [-0.2, -0.15) is 0 Å². The maximum Gasteiger partial charge on any atom is 0.194 e. The summed E-state index contributed by atoms with van der Waals surface area (Å²) in [6, 6.07) is 4.35. The Morgan fingerprint density at radius 2 is 2.22 bits per heavy atom. The summed E-state index contributed by atoms with van der Waals surface area (Å²) in [5, 5.41) is 5.58. The van der Waals surface area contributed by atoms with Crippen molar-refractivity contribution in [3.63, 3.8) is 0 Å². The first-order chi connectivity index (χ1) is 12.8. The van der Waals surface area contributed by atoms with E-state index < -0.39 is 0 Å². The molecule has 0 saturated carbocycles. The molecule has 0 aliphatic carbocycles. The predicted molar refractivity (Wildman–Crippen MR) is 122 cm³/mol. The highest BCUT2D eigenvalue weighted by Crippen LogP contribution is 2.14. The molecule has 2 aliphatic rings. The first kappa shape index (κ1) is 22.9. The summed E-state index contributed by atoms with van der Waals surface area (Å²) in [5.74, 6) is 1.02. The Morgan fingerprint density at radius 1 is 1.37 bits per heavy atom. The maximum atomic E-state index is 5.72. The van der Waals surface area contributed by atoms with Crippen LogP contribution in [0.3, 0.4) is 0 Å². The van der Waals surface area contributed by atoms with Gasteiger partial charge in [0.25, 0.3) is 0 Å². The summed E-state index contributed by atoms with van der Waals surface area (Å²) < 4.78 is 11.3. The van der Waals surface area contributed by atoms with Crippen molar-refractivity contribution in [2.45, 2.75) is 32.4 Å². The standard InChI is InChI=1S/C19H32N4O2S.HI/c1-2-20-19(21-7-13-24-16-17-5-3-12-25-17)23-10-8-22(9-11-23)15-18-6-4-14-26-18;/h4,6,14,17H,2-3,5,7-13,15-16H2,1H3,(H,20,21);1H. The molecule has 8 heteroatoms. The number of thiophene rings is 1. The van der Waals surface area contributed by atoms with Crippen LogP contribution in [0.15, 0.2) is 22.5 Å². The molecule has 1 aromatic heterocycles. The number of guanidine groups is 1. The highest BCUT2D eigenvalue weighted by atomic mass is 127. The van der Waals surface area contributed by atoms with Crippen molar-refractivity contribution in [3.8, 4) is 0 Å². The number of piperazine rings is 1. The third-order valence-electron chi connectivity index (χ3n) is 4.79. The van der Waals surface area contributed by atoms with E-state index in [-0.39, 0.29) is 24.0 Å². The minimum atomic E-state index is 0. The van der Waals surface area contributed by atoms with E-state index in [2.05, 4.69) is 39.6 Å². The van der Waals surface area contributed by atoms with Crippen LogP contribution in [0.4, 0.5) is 0 Å². The van der Waals surface area contributed by atoms with Crippen LogP contribution in [-0.4, -0.2) is 81.0 Å². The second kappa shape index (κ2) is 12.9. The van der Waals surface area contributed by atoms with Gasteiger partial charge in [0.15, 0.2) is 5.96 Å². The zero-order chi connectivity index (χ0) is 18.0. The molecule has 0 aromatic carbocycles. The molecule has 1 N–H and O–H groups in total. The van der Waals surface area contributed by atoms with Crippen molar-refractivity contribution in [2.24, 2.45) is 4.99 Å². The van der Waals surface area contributed by atoms with Crippen molar-refractivity contribution in [3.05, 3.63) is 22.4 Å². The lowest BCUT2D eigenvalue weighted by Gasteiger charge is -2.36. The Kier molecular flexibility index (Phi) is 10.9. The van der Waals surface area contributed by atoms with E-state index in [9.17, 15) is 0 Å². The highest BCUT2D eigenvalue weighted by Gasteiger charge is 2.20. The van der Waals surface area contributed by atoms with Crippen molar-refractivity contribution in [1.82, 2.24) is 15.1 Å². The van der Waals surface area contributed by atoms with Gasteiger partial charge in [0.1, 0.15) is 0 Å². The molecule has 0 radical (unpaired) electrons. The molecule has 1 unspecified atom stereocenters. The summed E-state index contributed by atoms with van der Waals surface area (Å²) in [6.45, 7) is 11.2. The van der Waals surface area contributed by atoms with E-state index in [4.69, 9.17) is 14.5 Å². The fraction of sp³-hybridized carbons (Fsp3) is 0.737. The molecule has 154 valence electrons. The smallest absolute Gasteiger partial charge is 0.194 e. The molecule has 1 aromatic rings. The van der Waals surface area contributed by atoms with E-state index in [0.29, 0.717) is 25.9 Å². The monoisotopic (exact) mass is 508 g/mol. The Morgan fingerprint density at radius 3 is 2.89 bits per heavy atom. The van der Waals surface area contributed by atoms with Gasteiger partial charge >= 0.3 is 0 Å². The Balaban J connectivity index is 0.00000261. The van der Waals surface area contributed by atoms with E-state index in [1.54, 1.807) is 0 Å². The molecule has 2 saturated heterocycles. The molecule has 0 bridgehead atoms. The average Bonchev–Trinajstić information content (AvgIpc) is 3.35. The first-order valence-corrected chi connectivity index (χ1v) is 10.7. The zero-order valence-corrected chi connectivity index (χ0v) is 19.4. The average molecular weight is 508 g/mol. The number of rotatable bonds is 8. The Bertz CT molecular complexity index is 530. The van der Waals surface area contributed by atoms with E-state index >= 15 is 0 Å². The summed E-state index contributed by atoms with van der Waals surface area (Å²) in [5.41, 5.74) is 0. The number of aliphatic imine (C=N–C) groups is 1. The maximum absolute atomic E-state index is 5.72. The van der Waals surface area contributed by atoms with Crippen molar-refractivity contribution >= 4 is 41.3 Å². The molecule has 6 nitrogen and oxygen atoms in total. The molecule has 0 amide bonds. The van der Waals surface area contributed by atoms with E-state index in [1.807, 2.05) is 11.3 Å². The molecular formula is C19H33IN4O2S. The molecule has 3 heterocycles. The Hall–Kier alpha value is -0.420. The molecule has 0 spiro atoms. The molecular weight excluding hydrogens is 475 g/mol. The van der Waals surface area contributed by atoms with Gasteiger partial charge in [-0.1, -0.05) is 6.07 Å². The van der Waals surface area contributed by atoms with Crippen molar-refractivity contribution in [1.29, 1.82) is 0 Å². The summed E-state index contributed by atoms with van der Waals surface area (Å²) >= 11 is 1.84. The Labute approximate surface area is 184 Å². The minimum Gasteiger partial charge on any atom is -0.377 e. The van der Waals surface area contributed by atoms with Gasteiger partial charge in [0, 0.05) is 50.8 Å². The van der Waals surface area contributed by atoms with Crippen LogP contribution in [0, 0.1) is 0 Å². The highest BCUT2D eigenvalue weighted by molar-refractivity contribution is 14.0. The van der Waals surface area contributed by atoms with Gasteiger partial charge in [0.2, 0.25) is 0 Å². The number of nitrogens with one attached hydrogen (secondary N) is 1. The fourth-order valence-electron chi connectivity index (χ4n) is 3.37. The van der Waals surface area contributed by atoms with Gasteiger partial charge in [-0.3, -0.25) is 9.89 Å². The molecule has 3 rings (SSSR count). The summed E-state index contributed by atoms with van der Waals surface area (Å²) in [4.78, 5) is 11.1. The van der Waals surface area contributed by atoms with Crippen LogP contribution in [0.25, 0.3) is 0 Å². The molecule has 2 fully saturated rings. The fourth-order valence-corrected chi connectivity index (χ4v) is 4.12. The van der Waals surface area contributed by atoms with Gasteiger partial charge in [-0.25, -0.2) is 0 Å².